The van der Waals surface area contributed by atoms with Crippen LogP contribution in [0.1, 0.15) is 18.9 Å². The number of benzene rings is 2. The Morgan fingerprint density at radius 1 is 1.17 bits per heavy atom. The van der Waals surface area contributed by atoms with E-state index in [4.69, 9.17) is 17.3 Å². The van der Waals surface area contributed by atoms with Crippen LogP contribution in [0, 0.1) is 0 Å². The van der Waals surface area contributed by atoms with Crippen molar-refractivity contribution >= 4 is 34.9 Å². The summed E-state index contributed by atoms with van der Waals surface area (Å²) in [7, 11) is 0. The van der Waals surface area contributed by atoms with E-state index in [1.54, 1.807) is 6.07 Å². The van der Waals surface area contributed by atoms with Crippen LogP contribution in [0.2, 0.25) is 5.02 Å². The Labute approximate surface area is 147 Å². The smallest absolute Gasteiger partial charge is 0.145 e. The van der Waals surface area contributed by atoms with Gasteiger partial charge in [0.2, 0.25) is 0 Å². The topological polar surface area (TPSA) is 51.2 Å². The summed E-state index contributed by atoms with van der Waals surface area (Å²) in [6.07, 6.45) is 1.72. The first kappa shape index (κ1) is 17.8. The molecule has 0 spiro atoms. The van der Waals surface area contributed by atoms with Crippen LogP contribution in [0.3, 0.4) is 0 Å². The molecule has 2 aromatic carbocycles. The van der Waals surface area contributed by atoms with E-state index in [0.29, 0.717) is 11.4 Å². The van der Waals surface area contributed by atoms with Crippen LogP contribution in [0.5, 0.6) is 0 Å². The third-order valence-corrected chi connectivity index (χ3v) is 4.41. The van der Waals surface area contributed by atoms with E-state index in [1.807, 2.05) is 66.2 Å². The van der Waals surface area contributed by atoms with Crippen LogP contribution in [-0.4, -0.2) is 15.8 Å². The average molecular weight is 351 g/mol. The molecule has 1 aromatic heterocycles. The van der Waals surface area contributed by atoms with Crippen molar-refractivity contribution in [2.45, 2.75) is 25.1 Å². The average Bonchev–Trinajstić information content (AvgIpc) is 2.97. The Balaban J connectivity index is 0.00000192. The number of aromatic nitrogens is 1. The number of para-hydroxylation sites is 1. The zero-order valence-electron chi connectivity index (χ0n) is 12.8. The van der Waals surface area contributed by atoms with Crippen molar-refractivity contribution in [2.24, 2.45) is 5.73 Å². The predicted molar refractivity (Wildman–Crippen MR) is 98.2 cm³/mol. The minimum absolute atomic E-state index is 0. The molecule has 0 aliphatic heterocycles. The molecule has 0 radical (unpaired) electrons. The molecular weight excluding hydrogens is 331 g/mol. The highest BCUT2D eigenvalue weighted by molar-refractivity contribution is 6.30. The van der Waals surface area contributed by atoms with E-state index < -0.39 is 11.8 Å². The zero-order chi connectivity index (χ0) is 15.7. The molecule has 122 valence electrons. The summed E-state index contributed by atoms with van der Waals surface area (Å²) >= 11 is 6.13. The summed E-state index contributed by atoms with van der Waals surface area (Å²) in [5.74, 6) is 0. The summed E-state index contributed by atoms with van der Waals surface area (Å²) < 4.78 is 1.93. The van der Waals surface area contributed by atoms with E-state index in [-0.39, 0.29) is 12.4 Å². The number of rotatable bonds is 4. The standard InChI is InChI=1S/C18H19ClN2O.ClH/c1-2-17(22)18(20,14-7-5-8-15(19)12-14)21-11-10-13-6-3-4-9-16(13)21;/h3-12,17,22H,2,20H2,1H3;1H. The minimum atomic E-state index is -1.07. The molecule has 2 atom stereocenters. The van der Waals surface area contributed by atoms with Crippen LogP contribution >= 0.6 is 24.0 Å². The zero-order valence-corrected chi connectivity index (χ0v) is 14.4. The van der Waals surface area contributed by atoms with Crippen molar-refractivity contribution in [1.29, 1.82) is 0 Å². The third kappa shape index (κ3) is 2.98. The Hall–Kier alpha value is -1.52. The Morgan fingerprint density at radius 2 is 1.91 bits per heavy atom. The van der Waals surface area contributed by atoms with E-state index in [9.17, 15) is 5.11 Å². The first-order chi connectivity index (χ1) is 10.6. The number of halogens is 2. The fraction of sp³-hybridized carbons (Fsp3) is 0.222. The second-order valence-corrected chi connectivity index (χ2v) is 5.94. The number of nitrogens with two attached hydrogens (primary N) is 1. The molecule has 0 saturated heterocycles. The number of hydrogen-bond donors (Lipinski definition) is 2. The van der Waals surface area contributed by atoms with Crippen LogP contribution in [0.25, 0.3) is 10.9 Å². The molecule has 3 nitrogen and oxygen atoms in total. The maximum absolute atomic E-state index is 10.7. The van der Waals surface area contributed by atoms with Crippen molar-refractivity contribution in [1.82, 2.24) is 4.57 Å². The first-order valence-corrected chi connectivity index (χ1v) is 7.74. The summed E-state index contributed by atoms with van der Waals surface area (Å²) in [5, 5.41) is 12.4. The Bertz CT molecular complexity index is 802. The molecule has 5 heteroatoms. The molecule has 3 rings (SSSR count). The van der Waals surface area contributed by atoms with Gasteiger partial charge in [-0.25, -0.2) is 0 Å². The first-order valence-electron chi connectivity index (χ1n) is 7.37. The van der Waals surface area contributed by atoms with Crippen molar-refractivity contribution in [3.63, 3.8) is 0 Å². The third-order valence-electron chi connectivity index (χ3n) is 4.18. The fourth-order valence-corrected chi connectivity index (χ4v) is 3.14. The van der Waals surface area contributed by atoms with E-state index >= 15 is 0 Å². The van der Waals surface area contributed by atoms with Gasteiger partial charge in [-0.3, -0.25) is 0 Å². The summed E-state index contributed by atoms with van der Waals surface area (Å²) in [4.78, 5) is 0. The predicted octanol–water partition coefficient (Wildman–Crippen LogP) is 4.15. The molecule has 23 heavy (non-hydrogen) atoms. The molecule has 0 amide bonds. The number of hydrogen-bond acceptors (Lipinski definition) is 2. The van der Waals surface area contributed by atoms with Gasteiger partial charge >= 0.3 is 0 Å². The van der Waals surface area contributed by atoms with E-state index in [0.717, 1.165) is 16.5 Å². The van der Waals surface area contributed by atoms with E-state index in [1.165, 1.54) is 0 Å². The quantitative estimate of drug-likeness (QED) is 0.742. The van der Waals surface area contributed by atoms with Gasteiger partial charge in [0.1, 0.15) is 5.66 Å². The maximum atomic E-state index is 10.7. The highest BCUT2D eigenvalue weighted by Crippen LogP contribution is 2.32. The van der Waals surface area contributed by atoms with Gasteiger partial charge in [0.15, 0.2) is 0 Å². The number of nitrogens with zero attached hydrogens (tertiary/aromatic N) is 1. The minimum Gasteiger partial charge on any atom is -0.389 e. The van der Waals surface area contributed by atoms with Gasteiger partial charge in [-0.1, -0.05) is 48.9 Å². The normalized spacial score (nSPS) is 15.0. The molecule has 3 aromatic rings. The number of aliphatic hydroxyl groups excluding tert-OH is 1. The van der Waals surface area contributed by atoms with Crippen molar-refractivity contribution in [2.75, 3.05) is 0 Å². The fourth-order valence-electron chi connectivity index (χ4n) is 2.95. The molecule has 0 aliphatic carbocycles. The molecule has 0 bridgehead atoms. The van der Waals surface area contributed by atoms with Gasteiger partial charge in [0.25, 0.3) is 0 Å². The van der Waals surface area contributed by atoms with Gasteiger partial charge < -0.3 is 15.4 Å². The lowest BCUT2D eigenvalue weighted by Gasteiger charge is -2.37. The van der Waals surface area contributed by atoms with Crippen LogP contribution in [0.4, 0.5) is 0 Å². The summed E-state index contributed by atoms with van der Waals surface area (Å²) in [6.45, 7) is 1.92. The van der Waals surface area contributed by atoms with Gasteiger partial charge in [-0.2, -0.15) is 0 Å². The second kappa shape index (κ2) is 6.93. The van der Waals surface area contributed by atoms with Gasteiger partial charge in [-0.05, 0) is 41.6 Å². The molecule has 0 aliphatic rings. The lowest BCUT2D eigenvalue weighted by atomic mass is 9.92. The Morgan fingerprint density at radius 3 is 2.61 bits per heavy atom. The van der Waals surface area contributed by atoms with Gasteiger partial charge in [0.05, 0.1) is 6.10 Å². The molecule has 3 N–H and O–H groups in total. The summed E-state index contributed by atoms with van der Waals surface area (Å²) in [6, 6.07) is 17.4. The molecule has 1 heterocycles. The largest absolute Gasteiger partial charge is 0.389 e. The lowest BCUT2D eigenvalue weighted by Crippen LogP contribution is -2.53. The van der Waals surface area contributed by atoms with Crippen molar-refractivity contribution in [3.8, 4) is 0 Å². The van der Waals surface area contributed by atoms with Gasteiger partial charge in [0, 0.05) is 16.7 Å². The lowest BCUT2D eigenvalue weighted by molar-refractivity contribution is 0.0631. The second-order valence-electron chi connectivity index (χ2n) is 5.50. The summed E-state index contributed by atoms with van der Waals surface area (Å²) in [5.41, 5.74) is 7.43. The molecule has 0 saturated carbocycles. The Kier molecular flexibility index (Phi) is 5.37. The van der Waals surface area contributed by atoms with E-state index in [2.05, 4.69) is 0 Å². The van der Waals surface area contributed by atoms with Crippen LogP contribution in [0.15, 0.2) is 60.8 Å². The van der Waals surface area contributed by atoms with Crippen molar-refractivity contribution in [3.05, 3.63) is 71.4 Å². The highest BCUT2D eigenvalue weighted by Gasteiger charge is 2.37. The molecule has 0 fully saturated rings. The van der Waals surface area contributed by atoms with Crippen LogP contribution < -0.4 is 5.73 Å². The van der Waals surface area contributed by atoms with Gasteiger partial charge in [-0.15, -0.1) is 12.4 Å². The number of aliphatic hydroxyl groups is 1. The SMILES string of the molecule is CCC(O)C(N)(c1cccc(Cl)c1)n1ccc2ccccc21.Cl. The molecular formula is C18H20Cl2N2O. The van der Waals surface area contributed by atoms with Crippen LogP contribution in [-0.2, 0) is 5.66 Å². The maximum Gasteiger partial charge on any atom is 0.145 e. The molecule has 2 unspecified atom stereocenters. The highest BCUT2D eigenvalue weighted by atomic mass is 35.5. The number of fused-ring (bicyclic) bond motifs is 1. The van der Waals surface area contributed by atoms with Crippen molar-refractivity contribution < 1.29 is 5.11 Å². The monoisotopic (exact) mass is 350 g/mol.